The summed E-state index contributed by atoms with van der Waals surface area (Å²) in [6.07, 6.45) is 9.67. The van der Waals surface area contributed by atoms with E-state index in [1.807, 2.05) is 6.08 Å². The van der Waals surface area contributed by atoms with Crippen molar-refractivity contribution in [3.63, 3.8) is 0 Å². The first-order valence-electron chi connectivity index (χ1n) is 10.2. The first-order chi connectivity index (χ1) is 11.8. The maximum Gasteiger partial charge on any atom is 0.302 e. The molecule has 0 amide bonds. The summed E-state index contributed by atoms with van der Waals surface area (Å²) < 4.78 is 5.74. The lowest BCUT2D eigenvalue weighted by molar-refractivity contribution is -0.157. The third kappa shape index (κ3) is 2.37. The average molecular weight is 344 g/mol. The highest BCUT2D eigenvalue weighted by atomic mass is 16.5. The summed E-state index contributed by atoms with van der Waals surface area (Å²) in [5.74, 6) is 2.72. The zero-order valence-corrected chi connectivity index (χ0v) is 16.1. The Morgan fingerprint density at radius 3 is 2.64 bits per heavy atom. The Kier molecular flexibility index (Phi) is 3.94. The van der Waals surface area contributed by atoms with E-state index < -0.39 is 0 Å². The molecule has 0 aromatic heterocycles. The summed E-state index contributed by atoms with van der Waals surface area (Å²) in [7, 11) is 0. The standard InChI is InChI=1S/C22H32O3/c1-13-11-16(24)12-15-5-6-17-18-7-8-20(25-14(2)23)21(18,3)10-9-19(17)22(13,15)4/h12-13,17-20H,5-11H2,1-4H3/t13?,17-,18-,19+,20?,21-,22-/m0/s1. The Bertz CT molecular complexity index is 635. The van der Waals surface area contributed by atoms with Crippen LogP contribution in [0.3, 0.4) is 0 Å². The van der Waals surface area contributed by atoms with E-state index in [1.165, 1.54) is 24.8 Å². The molecule has 0 radical (unpaired) electrons. The van der Waals surface area contributed by atoms with Crippen molar-refractivity contribution >= 4 is 11.8 Å². The van der Waals surface area contributed by atoms with E-state index in [0.29, 0.717) is 30.0 Å². The minimum absolute atomic E-state index is 0.103. The second-order valence-electron chi connectivity index (χ2n) is 9.66. The first-order valence-corrected chi connectivity index (χ1v) is 10.2. The number of ketones is 1. The molecule has 2 unspecified atom stereocenters. The summed E-state index contributed by atoms with van der Waals surface area (Å²) in [4.78, 5) is 23.6. The molecule has 4 aliphatic rings. The highest BCUT2D eigenvalue weighted by molar-refractivity contribution is 5.92. The van der Waals surface area contributed by atoms with Crippen LogP contribution in [-0.2, 0) is 14.3 Å². The van der Waals surface area contributed by atoms with E-state index >= 15 is 0 Å². The van der Waals surface area contributed by atoms with Gasteiger partial charge in [-0.05, 0) is 73.7 Å². The van der Waals surface area contributed by atoms with E-state index in [4.69, 9.17) is 4.74 Å². The molecule has 0 N–H and O–H groups in total. The van der Waals surface area contributed by atoms with Crippen LogP contribution in [-0.4, -0.2) is 17.9 Å². The Labute approximate surface area is 151 Å². The maximum absolute atomic E-state index is 12.1. The van der Waals surface area contributed by atoms with Gasteiger partial charge >= 0.3 is 5.97 Å². The van der Waals surface area contributed by atoms with Crippen molar-refractivity contribution in [3.8, 4) is 0 Å². The van der Waals surface area contributed by atoms with Gasteiger partial charge in [0, 0.05) is 18.8 Å². The number of hydrogen-bond donors (Lipinski definition) is 0. The van der Waals surface area contributed by atoms with Crippen LogP contribution in [0.25, 0.3) is 0 Å². The highest BCUT2D eigenvalue weighted by Gasteiger charge is 2.61. The van der Waals surface area contributed by atoms with E-state index in [2.05, 4.69) is 20.8 Å². The molecule has 0 bridgehead atoms. The molecule has 0 aromatic carbocycles. The van der Waals surface area contributed by atoms with Gasteiger partial charge in [-0.3, -0.25) is 9.59 Å². The molecule has 0 saturated heterocycles. The second kappa shape index (κ2) is 5.69. The minimum Gasteiger partial charge on any atom is -0.462 e. The van der Waals surface area contributed by atoms with Crippen molar-refractivity contribution in [3.05, 3.63) is 11.6 Å². The molecule has 7 atom stereocenters. The van der Waals surface area contributed by atoms with Crippen molar-refractivity contribution in [1.82, 2.24) is 0 Å². The Balaban J connectivity index is 1.65. The Hall–Kier alpha value is -1.12. The molecule has 138 valence electrons. The fourth-order valence-corrected chi connectivity index (χ4v) is 7.29. The number of rotatable bonds is 1. The van der Waals surface area contributed by atoms with Crippen molar-refractivity contribution in [1.29, 1.82) is 0 Å². The van der Waals surface area contributed by atoms with Crippen LogP contribution in [0.1, 0.15) is 72.6 Å². The minimum atomic E-state index is -0.130. The highest BCUT2D eigenvalue weighted by Crippen LogP contribution is 2.66. The van der Waals surface area contributed by atoms with Gasteiger partial charge < -0.3 is 4.74 Å². The van der Waals surface area contributed by atoms with Gasteiger partial charge in [0.2, 0.25) is 0 Å². The molecule has 0 aromatic rings. The van der Waals surface area contributed by atoms with E-state index in [-0.39, 0.29) is 22.9 Å². The zero-order chi connectivity index (χ0) is 18.0. The van der Waals surface area contributed by atoms with Gasteiger partial charge in [0.25, 0.3) is 0 Å². The number of hydrogen-bond acceptors (Lipinski definition) is 3. The van der Waals surface area contributed by atoms with Gasteiger partial charge in [0.1, 0.15) is 6.10 Å². The monoisotopic (exact) mass is 344 g/mol. The van der Waals surface area contributed by atoms with Crippen molar-refractivity contribution in [2.24, 2.45) is 34.5 Å². The molecule has 4 aliphatic carbocycles. The number of ether oxygens (including phenoxy) is 1. The third-order valence-corrected chi connectivity index (χ3v) is 8.73. The lowest BCUT2D eigenvalue weighted by atomic mass is 9.45. The number of carbonyl (C=O) groups excluding carboxylic acids is 2. The van der Waals surface area contributed by atoms with Gasteiger partial charge in [-0.2, -0.15) is 0 Å². The number of fused-ring (bicyclic) bond motifs is 5. The van der Waals surface area contributed by atoms with Gasteiger partial charge in [-0.1, -0.05) is 26.3 Å². The predicted molar refractivity (Wildman–Crippen MR) is 96.8 cm³/mol. The first kappa shape index (κ1) is 17.3. The molecule has 3 heteroatoms. The van der Waals surface area contributed by atoms with Crippen LogP contribution in [0.2, 0.25) is 0 Å². The van der Waals surface area contributed by atoms with Crippen molar-refractivity contribution in [2.75, 3.05) is 0 Å². The summed E-state index contributed by atoms with van der Waals surface area (Å²) in [5.41, 5.74) is 1.77. The summed E-state index contributed by atoms with van der Waals surface area (Å²) in [6.45, 7) is 8.64. The molecular formula is C22H32O3. The van der Waals surface area contributed by atoms with E-state index in [1.54, 1.807) is 6.92 Å². The second-order valence-corrected chi connectivity index (χ2v) is 9.66. The lowest BCUT2D eigenvalue weighted by Gasteiger charge is -2.59. The Morgan fingerprint density at radius 1 is 1.16 bits per heavy atom. The third-order valence-electron chi connectivity index (χ3n) is 8.73. The molecular weight excluding hydrogens is 312 g/mol. The summed E-state index contributed by atoms with van der Waals surface area (Å²) in [5, 5.41) is 0. The quantitative estimate of drug-likeness (QED) is 0.648. The van der Waals surface area contributed by atoms with Crippen LogP contribution in [0, 0.1) is 34.5 Å². The largest absolute Gasteiger partial charge is 0.462 e. The molecule has 3 fully saturated rings. The lowest BCUT2D eigenvalue weighted by Crippen LogP contribution is -2.53. The number of carbonyl (C=O) groups is 2. The topological polar surface area (TPSA) is 43.4 Å². The maximum atomic E-state index is 12.1. The molecule has 3 nitrogen and oxygen atoms in total. The fraction of sp³-hybridized carbons (Fsp3) is 0.818. The van der Waals surface area contributed by atoms with Gasteiger partial charge in [0.05, 0.1) is 0 Å². The van der Waals surface area contributed by atoms with Gasteiger partial charge in [0.15, 0.2) is 5.78 Å². The fourth-order valence-electron chi connectivity index (χ4n) is 7.29. The SMILES string of the molecule is CC(=O)OC1CC[C@H]2[C@@H]3CCC4=CC(=O)CC(C)[C@]4(C)[C@@H]3CC[C@]12C. The van der Waals surface area contributed by atoms with Crippen molar-refractivity contribution in [2.45, 2.75) is 78.7 Å². The summed E-state index contributed by atoms with van der Waals surface area (Å²) >= 11 is 0. The molecule has 0 spiro atoms. The predicted octanol–water partition coefficient (Wildman–Crippen LogP) is 4.70. The number of allylic oxidation sites excluding steroid dienone is 1. The zero-order valence-electron chi connectivity index (χ0n) is 16.1. The molecule has 3 saturated carbocycles. The molecule has 0 heterocycles. The van der Waals surface area contributed by atoms with Crippen molar-refractivity contribution < 1.29 is 14.3 Å². The van der Waals surface area contributed by atoms with Crippen LogP contribution >= 0.6 is 0 Å². The molecule has 4 rings (SSSR count). The van der Waals surface area contributed by atoms with Gasteiger partial charge in [-0.15, -0.1) is 0 Å². The van der Waals surface area contributed by atoms with Crippen LogP contribution in [0.15, 0.2) is 11.6 Å². The van der Waals surface area contributed by atoms with E-state index in [0.717, 1.165) is 25.2 Å². The van der Waals surface area contributed by atoms with Crippen LogP contribution < -0.4 is 0 Å². The van der Waals surface area contributed by atoms with Gasteiger partial charge in [-0.25, -0.2) is 0 Å². The Morgan fingerprint density at radius 2 is 1.92 bits per heavy atom. The molecule has 25 heavy (non-hydrogen) atoms. The van der Waals surface area contributed by atoms with E-state index in [9.17, 15) is 9.59 Å². The van der Waals surface area contributed by atoms with Crippen LogP contribution in [0.5, 0.6) is 0 Å². The van der Waals surface area contributed by atoms with Crippen LogP contribution in [0.4, 0.5) is 0 Å². The smallest absolute Gasteiger partial charge is 0.302 e. The number of esters is 1. The summed E-state index contributed by atoms with van der Waals surface area (Å²) in [6, 6.07) is 0. The molecule has 0 aliphatic heterocycles. The average Bonchev–Trinajstić information content (AvgIpc) is 2.85. The normalized spacial score (nSPS) is 48.9.